The number of carbonyl (C=O) groups excluding carboxylic acids is 2. The fraction of sp³-hybridized carbons (Fsp3) is 0.0769. The van der Waals surface area contributed by atoms with Crippen molar-refractivity contribution in [3.8, 4) is 0 Å². The Morgan fingerprint density at radius 3 is 2.42 bits per heavy atom. The number of halogens is 2. The number of anilines is 1. The van der Waals surface area contributed by atoms with Gasteiger partial charge in [-0.3, -0.25) is 14.5 Å². The molecule has 1 aliphatic heterocycles. The highest BCUT2D eigenvalue weighted by molar-refractivity contribution is 8.00. The van der Waals surface area contributed by atoms with Gasteiger partial charge in [0, 0.05) is 16.3 Å². The molecule has 10 heteroatoms. The summed E-state index contributed by atoms with van der Waals surface area (Å²) in [6, 6.07) is 20.5. The van der Waals surface area contributed by atoms with Gasteiger partial charge in [-0.1, -0.05) is 83.2 Å². The van der Waals surface area contributed by atoms with E-state index < -0.39 is 23.5 Å². The number of hydrogen-bond donors (Lipinski definition) is 1. The molecule has 0 aliphatic carbocycles. The van der Waals surface area contributed by atoms with E-state index in [0.29, 0.717) is 20.7 Å². The minimum Gasteiger partial charge on any atom is -0.507 e. The number of benzene rings is 3. The fourth-order valence-corrected chi connectivity index (χ4v) is 6.01. The Morgan fingerprint density at radius 1 is 1.00 bits per heavy atom. The van der Waals surface area contributed by atoms with Crippen molar-refractivity contribution in [2.24, 2.45) is 0 Å². The van der Waals surface area contributed by atoms with Gasteiger partial charge in [-0.2, -0.15) is 0 Å². The van der Waals surface area contributed by atoms with E-state index >= 15 is 0 Å². The highest BCUT2D eigenvalue weighted by Gasteiger charge is 2.48. The standard InChI is InChI=1S/C26H17ClFN3O3S2/c27-19-9-5-4-8-17(19)14-35-26-30-29-25(36-26)31-21(15-6-2-1-3-7-15)20(23(33)24(31)34)22(32)16-10-12-18(28)13-11-16/h1-13,21,32H,14H2/b22-20-. The number of hydrogen-bond acceptors (Lipinski definition) is 7. The van der Waals surface area contributed by atoms with Crippen molar-refractivity contribution in [2.75, 3.05) is 4.90 Å². The van der Waals surface area contributed by atoms with Gasteiger partial charge in [0.25, 0.3) is 5.78 Å². The molecule has 0 spiro atoms. The summed E-state index contributed by atoms with van der Waals surface area (Å²) in [5.74, 6) is -2.00. The first kappa shape index (κ1) is 24.2. The molecule has 1 aliphatic rings. The lowest BCUT2D eigenvalue weighted by Crippen LogP contribution is -2.29. The lowest BCUT2D eigenvalue weighted by molar-refractivity contribution is -0.132. The largest absolute Gasteiger partial charge is 0.507 e. The summed E-state index contributed by atoms with van der Waals surface area (Å²) in [5.41, 5.74) is 1.67. The lowest BCUT2D eigenvalue weighted by Gasteiger charge is -2.22. The van der Waals surface area contributed by atoms with Gasteiger partial charge in [-0.25, -0.2) is 4.39 Å². The number of nitrogens with zero attached hydrogens (tertiary/aromatic N) is 3. The molecular formula is C26H17ClFN3O3S2. The van der Waals surface area contributed by atoms with Crippen LogP contribution in [0.25, 0.3) is 5.76 Å². The average Bonchev–Trinajstić information content (AvgIpc) is 3.46. The van der Waals surface area contributed by atoms with Crippen molar-refractivity contribution in [1.29, 1.82) is 0 Å². The number of thioether (sulfide) groups is 1. The quantitative estimate of drug-likeness (QED) is 0.103. The molecule has 0 bridgehead atoms. The third-order valence-corrected chi connectivity index (χ3v) is 8.06. The lowest BCUT2D eigenvalue weighted by atomic mass is 9.95. The van der Waals surface area contributed by atoms with Crippen LogP contribution >= 0.6 is 34.7 Å². The summed E-state index contributed by atoms with van der Waals surface area (Å²) in [4.78, 5) is 27.6. The van der Waals surface area contributed by atoms with Gasteiger partial charge >= 0.3 is 5.91 Å². The van der Waals surface area contributed by atoms with Crippen LogP contribution in [-0.4, -0.2) is 27.0 Å². The predicted octanol–water partition coefficient (Wildman–Crippen LogP) is 6.25. The van der Waals surface area contributed by atoms with Crippen LogP contribution in [0.2, 0.25) is 5.02 Å². The van der Waals surface area contributed by atoms with Gasteiger partial charge in [0.05, 0.1) is 11.6 Å². The number of amides is 1. The smallest absolute Gasteiger partial charge is 0.301 e. The van der Waals surface area contributed by atoms with Crippen LogP contribution in [0.5, 0.6) is 0 Å². The Balaban J connectivity index is 1.53. The van der Waals surface area contributed by atoms with Gasteiger partial charge in [-0.05, 0) is 41.5 Å². The first-order valence-corrected chi connectivity index (χ1v) is 12.9. The zero-order valence-electron chi connectivity index (χ0n) is 18.5. The molecule has 1 fully saturated rings. The third kappa shape index (κ3) is 4.65. The summed E-state index contributed by atoms with van der Waals surface area (Å²) < 4.78 is 14.0. The highest BCUT2D eigenvalue weighted by Crippen LogP contribution is 2.44. The van der Waals surface area contributed by atoms with Crippen LogP contribution in [0.1, 0.15) is 22.7 Å². The SMILES string of the molecule is O=C1C(=O)N(c2nnc(SCc3ccccc3Cl)s2)C(c2ccccc2)/C1=C(/O)c1ccc(F)cc1. The maximum Gasteiger partial charge on any atom is 0.301 e. The summed E-state index contributed by atoms with van der Waals surface area (Å²) in [7, 11) is 0. The van der Waals surface area contributed by atoms with Crippen molar-refractivity contribution in [2.45, 2.75) is 16.1 Å². The molecule has 6 nitrogen and oxygen atoms in total. The molecule has 1 saturated heterocycles. The molecule has 4 aromatic rings. The average molecular weight is 538 g/mol. The topological polar surface area (TPSA) is 83.4 Å². The van der Waals surface area contributed by atoms with Crippen LogP contribution < -0.4 is 4.90 Å². The van der Waals surface area contributed by atoms with Crippen LogP contribution in [0.4, 0.5) is 9.52 Å². The first-order chi connectivity index (χ1) is 17.4. The minimum atomic E-state index is -0.925. The molecule has 180 valence electrons. The van der Waals surface area contributed by atoms with Gasteiger partial charge in [-0.15, -0.1) is 10.2 Å². The summed E-state index contributed by atoms with van der Waals surface area (Å²) in [6.45, 7) is 0. The molecular weight excluding hydrogens is 521 g/mol. The van der Waals surface area contributed by atoms with Crippen molar-refractivity contribution in [3.63, 3.8) is 0 Å². The van der Waals surface area contributed by atoms with E-state index in [0.717, 1.165) is 5.56 Å². The van der Waals surface area contributed by atoms with Crippen LogP contribution in [0, 0.1) is 5.82 Å². The number of aliphatic hydroxyl groups excluding tert-OH is 1. The number of carbonyl (C=O) groups is 2. The Bertz CT molecular complexity index is 1480. The Labute approximate surface area is 219 Å². The molecule has 5 rings (SSSR count). The molecule has 2 heterocycles. The van der Waals surface area contributed by atoms with Gasteiger partial charge in [0.1, 0.15) is 11.6 Å². The summed E-state index contributed by atoms with van der Waals surface area (Å²) in [5, 5.41) is 20.3. The van der Waals surface area contributed by atoms with Crippen molar-refractivity contribution in [3.05, 3.63) is 112 Å². The van der Waals surface area contributed by atoms with E-state index in [2.05, 4.69) is 10.2 Å². The maximum atomic E-state index is 13.4. The molecule has 1 atom stereocenters. The molecule has 1 aromatic heterocycles. The van der Waals surface area contributed by atoms with Crippen molar-refractivity contribution >= 4 is 57.3 Å². The molecule has 0 radical (unpaired) electrons. The number of aromatic nitrogens is 2. The third-order valence-electron chi connectivity index (χ3n) is 5.59. The predicted molar refractivity (Wildman–Crippen MR) is 139 cm³/mol. The molecule has 1 amide bonds. The van der Waals surface area contributed by atoms with E-state index in [-0.39, 0.29) is 22.0 Å². The molecule has 1 unspecified atom stereocenters. The Hall–Kier alpha value is -3.53. The van der Waals surface area contributed by atoms with Crippen molar-refractivity contribution < 1.29 is 19.1 Å². The fourth-order valence-electron chi connectivity index (χ4n) is 3.86. The van der Waals surface area contributed by atoms with Crippen molar-refractivity contribution in [1.82, 2.24) is 10.2 Å². The van der Waals surface area contributed by atoms with Gasteiger partial charge in [0.2, 0.25) is 5.13 Å². The molecule has 36 heavy (non-hydrogen) atoms. The van der Waals surface area contributed by atoms with Gasteiger partial charge < -0.3 is 5.11 Å². The molecule has 1 N–H and O–H groups in total. The Morgan fingerprint density at radius 2 is 1.69 bits per heavy atom. The normalized spacial score (nSPS) is 17.1. The highest BCUT2D eigenvalue weighted by atomic mass is 35.5. The van der Waals surface area contributed by atoms with Crippen LogP contribution in [0.3, 0.4) is 0 Å². The summed E-state index contributed by atoms with van der Waals surface area (Å²) in [6.07, 6.45) is 0. The number of Topliss-reactive ketones (excluding diaryl/α,β-unsaturated/α-hetero) is 1. The molecule has 0 saturated carbocycles. The zero-order valence-corrected chi connectivity index (χ0v) is 20.9. The first-order valence-electron chi connectivity index (χ1n) is 10.8. The summed E-state index contributed by atoms with van der Waals surface area (Å²) >= 11 is 8.82. The van der Waals surface area contributed by atoms with E-state index in [1.54, 1.807) is 24.3 Å². The van der Waals surface area contributed by atoms with E-state index in [1.165, 1.54) is 52.3 Å². The maximum absolute atomic E-state index is 13.4. The van der Waals surface area contributed by atoms with Crippen LogP contribution in [-0.2, 0) is 15.3 Å². The second kappa shape index (κ2) is 10.2. The number of ketones is 1. The Kier molecular flexibility index (Phi) is 6.86. The van der Waals surface area contributed by atoms with Crippen LogP contribution in [0.15, 0.2) is 88.8 Å². The second-order valence-electron chi connectivity index (χ2n) is 7.82. The van der Waals surface area contributed by atoms with E-state index in [9.17, 15) is 19.1 Å². The minimum absolute atomic E-state index is 0.0988. The molecule has 3 aromatic carbocycles. The van der Waals surface area contributed by atoms with E-state index in [1.807, 2.05) is 30.3 Å². The second-order valence-corrected chi connectivity index (χ2v) is 10.4. The number of rotatable bonds is 6. The zero-order chi connectivity index (χ0) is 25.2. The monoisotopic (exact) mass is 537 g/mol. The van der Waals surface area contributed by atoms with Gasteiger partial charge in [0.15, 0.2) is 4.34 Å². The number of aliphatic hydroxyl groups is 1. The van der Waals surface area contributed by atoms with E-state index in [4.69, 9.17) is 11.6 Å².